The van der Waals surface area contributed by atoms with Gasteiger partial charge in [-0.25, -0.2) is 4.79 Å². The van der Waals surface area contributed by atoms with Crippen LogP contribution < -0.4 is 35.3 Å². The molecule has 0 radical (unpaired) electrons. The van der Waals surface area contributed by atoms with Gasteiger partial charge in [-0.1, -0.05) is 0 Å². The number of hydrogen-bond donors (Lipinski definition) is 4. The second kappa shape index (κ2) is 5.05. The topological polar surface area (TPSA) is 155 Å². The van der Waals surface area contributed by atoms with Crippen molar-refractivity contribution >= 4 is 22.1 Å². The SMILES string of the molecule is NC(CC(=O)O)(C(=O)O)S(=O)(=O)O.[H-].[Na+]. The molecule has 0 rings (SSSR count). The number of nitrogens with two attached hydrogens (primary N) is 1. The summed E-state index contributed by atoms with van der Waals surface area (Å²) in [7, 11) is -5.16. The number of carboxylic acids is 2. The predicted molar refractivity (Wildman–Crippen MR) is 39.5 cm³/mol. The third-order valence-corrected chi connectivity index (χ3v) is 2.48. The van der Waals surface area contributed by atoms with Crippen molar-refractivity contribution in [3.05, 3.63) is 0 Å². The summed E-state index contributed by atoms with van der Waals surface area (Å²) in [5.41, 5.74) is 4.70. The van der Waals surface area contributed by atoms with Crippen molar-refractivity contribution in [3.8, 4) is 0 Å². The van der Waals surface area contributed by atoms with Crippen LogP contribution in [0.15, 0.2) is 0 Å². The molecular weight excluding hydrogens is 229 g/mol. The molecule has 0 fully saturated rings. The van der Waals surface area contributed by atoms with Crippen LogP contribution in [0, 0.1) is 0 Å². The smallest absolute Gasteiger partial charge is 1.00 e. The first-order valence-electron chi connectivity index (χ1n) is 2.82. The molecule has 78 valence electrons. The van der Waals surface area contributed by atoms with E-state index in [0.29, 0.717) is 0 Å². The van der Waals surface area contributed by atoms with Crippen molar-refractivity contribution in [1.29, 1.82) is 0 Å². The Labute approximate surface area is 103 Å². The van der Waals surface area contributed by atoms with Gasteiger partial charge in [-0.2, -0.15) is 8.42 Å². The maximum Gasteiger partial charge on any atom is 1.00 e. The Morgan fingerprint density at radius 2 is 1.71 bits per heavy atom. The summed E-state index contributed by atoms with van der Waals surface area (Å²) in [4.78, 5) is 17.1. The second-order valence-corrected chi connectivity index (χ2v) is 3.92. The Bertz CT molecular complexity index is 343. The van der Waals surface area contributed by atoms with E-state index in [4.69, 9.17) is 20.5 Å². The van der Waals surface area contributed by atoms with Gasteiger partial charge < -0.3 is 17.4 Å². The standard InChI is InChI=1S/C4H7NO7S.Na.H/c5-4(3(8)9,1-2(6)7)13(10,11)12;;/h1,5H2,(H,6,7)(H,8,9)(H,10,11,12);;/q;+1;-1. The van der Waals surface area contributed by atoms with E-state index in [2.05, 4.69) is 0 Å². The van der Waals surface area contributed by atoms with Crippen LogP contribution in [-0.4, -0.2) is 40.0 Å². The average molecular weight is 237 g/mol. The van der Waals surface area contributed by atoms with E-state index in [1.165, 1.54) is 0 Å². The Morgan fingerprint density at radius 3 is 1.79 bits per heavy atom. The first-order chi connectivity index (χ1) is 5.61. The van der Waals surface area contributed by atoms with E-state index in [9.17, 15) is 18.0 Å². The molecule has 10 heteroatoms. The van der Waals surface area contributed by atoms with Gasteiger partial charge in [-0.15, -0.1) is 0 Å². The van der Waals surface area contributed by atoms with Crippen LogP contribution in [0.3, 0.4) is 0 Å². The van der Waals surface area contributed by atoms with Gasteiger partial charge in [0.05, 0.1) is 6.42 Å². The Balaban J connectivity index is -0.000000720. The van der Waals surface area contributed by atoms with Gasteiger partial charge in [0.25, 0.3) is 15.0 Å². The van der Waals surface area contributed by atoms with Gasteiger partial charge >= 0.3 is 41.5 Å². The molecule has 0 saturated carbocycles. The second-order valence-electron chi connectivity index (χ2n) is 2.24. The minimum absolute atomic E-state index is 0. The van der Waals surface area contributed by atoms with Crippen LogP contribution in [0.4, 0.5) is 0 Å². The first kappa shape index (κ1) is 16.2. The maximum absolute atomic E-state index is 10.4. The zero-order chi connectivity index (χ0) is 10.9. The molecule has 0 bridgehead atoms. The normalized spacial score (nSPS) is 15.0. The van der Waals surface area contributed by atoms with Crippen molar-refractivity contribution < 1.29 is 63.8 Å². The molecule has 0 aromatic rings. The third kappa shape index (κ3) is 3.52. The number of carboxylic acid groups (broad SMARTS) is 2. The van der Waals surface area contributed by atoms with E-state index >= 15 is 0 Å². The van der Waals surface area contributed by atoms with Crippen molar-refractivity contribution in [1.82, 2.24) is 0 Å². The van der Waals surface area contributed by atoms with Gasteiger partial charge in [0, 0.05) is 0 Å². The summed E-state index contributed by atoms with van der Waals surface area (Å²) in [6, 6.07) is 0. The maximum atomic E-state index is 10.4. The van der Waals surface area contributed by atoms with E-state index < -0.39 is 33.3 Å². The Morgan fingerprint density at radius 1 is 1.36 bits per heavy atom. The molecule has 0 saturated heterocycles. The van der Waals surface area contributed by atoms with Crippen LogP contribution in [-0.2, 0) is 19.7 Å². The molecule has 1 unspecified atom stereocenters. The summed E-state index contributed by atoms with van der Waals surface area (Å²) in [6.07, 6.45) is -1.42. The fourth-order valence-corrected chi connectivity index (χ4v) is 1.03. The molecule has 0 aliphatic carbocycles. The van der Waals surface area contributed by atoms with E-state index in [1.807, 2.05) is 0 Å². The summed E-state index contributed by atoms with van der Waals surface area (Å²) in [5, 5.41) is 16.4. The van der Waals surface area contributed by atoms with Crippen LogP contribution in [0.5, 0.6) is 0 Å². The van der Waals surface area contributed by atoms with E-state index in [0.717, 1.165) is 0 Å². The summed E-state index contributed by atoms with van der Waals surface area (Å²) >= 11 is 0. The number of carbonyl (C=O) groups is 2. The van der Waals surface area contributed by atoms with Gasteiger partial charge in [-0.3, -0.25) is 9.35 Å². The molecule has 0 heterocycles. The molecule has 0 amide bonds. The molecule has 8 nitrogen and oxygen atoms in total. The summed E-state index contributed by atoms with van der Waals surface area (Å²) in [5.74, 6) is -3.88. The molecule has 14 heavy (non-hydrogen) atoms. The zero-order valence-electron chi connectivity index (χ0n) is 8.17. The van der Waals surface area contributed by atoms with Crippen LogP contribution >= 0.6 is 0 Å². The van der Waals surface area contributed by atoms with Crippen molar-refractivity contribution in [3.63, 3.8) is 0 Å². The van der Waals surface area contributed by atoms with Gasteiger partial charge in [0.1, 0.15) is 0 Å². The van der Waals surface area contributed by atoms with Gasteiger partial charge in [-0.05, 0) is 0 Å². The number of rotatable bonds is 4. The number of hydrogen-bond acceptors (Lipinski definition) is 5. The van der Waals surface area contributed by atoms with Crippen molar-refractivity contribution in [2.75, 3.05) is 0 Å². The molecule has 0 aromatic carbocycles. The summed E-state index contributed by atoms with van der Waals surface area (Å²) < 4.78 is 29.2. The minimum Gasteiger partial charge on any atom is -1.00 e. The molecule has 0 aromatic heterocycles. The summed E-state index contributed by atoms with van der Waals surface area (Å²) in [6.45, 7) is 0. The van der Waals surface area contributed by atoms with Crippen molar-refractivity contribution in [2.45, 2.75) is 11.3 Å². The van der Waals surface area contributed by atoms with Crippen LogP contribution in [0.1, 0.15) is 7.85 Å². The number of aliphatic carboxylic acids is 2. The Kier molecular flexibility index (Phi) is 5.86. The monoisotopic (exact) mass is 237 g/mol. The average Bonchev–Trinajstić information content (AvgIpc) is 1.82. The fourth-order valence-electron chi connectivity index (χ4n) is 0.502. The minimum atomic E-state index is -5.16. The molecule has 1 atom stereocenters. The first-order valence-corrected chi connectivity index (χ1v) is 4.26. The van der Waals surface area contributed by atoms with Gasteiger partial charge in [0.2, 0.25) is 0 Å². The van der Waals surface area contributed by atoms with Crippen molar-refractivity contribution in [2.24, 2.45) is 5.73 Å². The molecule has 5 N–H and O–H groups in total. The molecular formula is C4H8NNaO7S. The van der Waals surface area contributed by atoms with Gasteiger partial charge in [0.15, 0.2) is 0 Å². The van der Waals surface area contributed by atoms with Crippen LogP contribution in [0.2, 0.25) is 0 Å². The Hall–Kier alpha value is -0.190. The molecule has 0 aliphatic heterocycles. The molecule has 0 aliphatic rings. The molecule has 0 spiro atoms. The zero-order valence-corrected chi connectivity index (χ0v) is 9.98. The predicted octanol–water partition coefficient (Wildman–Crippen LogP) is -4.79. The van der Waals surface area contributed by atoms with Crippen LogP contribution in [0.25, 0.3) is 0 Å². The fraction of sp³-hybridized carbons (Fsp3) is 0.500. The largest absolute Gasteiger partial charge is 1.00 e. The third-order valence-electron chi connectivity index (χ3n) is 1.24. The van der Waals surface area contributed by atoms with E-state index in [-0.39, 0.29) is 31.0 Å². The van der Waals surface area contributed by atoms with E-state index in [1.54, 1.807) is 0 Å². The quantitative estimate of drug-likeness (QED) is 0.280.